The summed E-state index contributed by atoms with van der Waals surface area (Å²) in [5.74, 6) is 0.238. The van der Waals surface area contributed by atoms with Crippen molar-refractivity contribution < 1.29 is 4.92 Å². The first kappa shape index (κ1) is 20.5. The van der Waals surface area contributed by atoms with Gasteiger partial charge in [-0.2, -0.15) is 0 Å². The number of anilines is 3. The van der Waals surface area contributed by atoms with Gasteiger partial charge in [-0.25, -0.2) is 9.97 Å². The Labute approximate surface area is 187 Å². The molecule has 0 spiro atoms. The molecular formula is C23H18BrN5O2. The third kappa shape index (κ3) is 4.70. The summed E-state index contributed by atoms with van der Waals surface area (Å²) >= 11 is 3.44. The minimum atomic E-state index is -0.478. The second kappa shape index (κ2) is 9.36. The maximum Gasteiger partial charge on any atom is 0.353 e. The molecule has 3 aromatic carbocycles. The lowest BCUT2D eigenvalue weighted by atomic mass is 9.99. The van der Waals surface area contributed by atoms with Gasteiger partial charge in [0.1, 0.15) is 6.33 Å². The van der Waals surface area contributed by atoms with Gasteiger partial charge in [0, 0.05) is 4.47 Å². The van der Waals surface area contributed by atoms with Crippen molar-refractivity contribution in [3.05, 3.63) is 117 Å². The van der Waals surface area contributed by atoms with Gasteiger partial charge < -0.3 is 10.6 Å². The molecule has 0 unspecified atom stereocenters. The van der Waals surface area contributed by atoms with E-state index in [0.717, 1.165) is 15.6 Å². The molecule has 1 aromatic heterocycles. The normalized spacial score (nSPS) is 10.6. The second-order valence-corrected chi connectivity index (χ2v) is 7.53. The van der Waals surface area contributed by atoms with Crippen LogP contribution in [-0.4, -0.2) is 14.9 Å². The van der Waals surface area contributed by atoms with Gasteiger partial charge in [0.25, 0.3) is 0 Å². The van der Waals surface area contributed by atoms with Crippen LogP contribution in [-0.2, 0) is 0 Å². The van der Waals surface area contributed by atoms with Gasteiger partial charge in [0.05, 0.1) is 16.7 Å². The van der Waals surface area contributed by atoms with Crippen molar-refractivity contribution in [2.45, 2.75) is 6.04 Å². The number of hydrogen-bond donors (Lipinski definition) is 2. The Morgan fingerprint density at radius 1 is 0.806 bits per heavy atom. The van der Waals surface area contributed by atoms with E-state index in [-0.39, 0.29) is 23.4 Å². The molecule has 1 heterocycles. The summed E-state index contributed by atoms with van der Waals surface area (Å²) in [7, 11) is 0. The molecule has 0 atom stereocenters. The number of benzene rings is 3. The molecular weight excluding hydrogens is 458 g/mol. The summed E-state index contributed by atoms with van der Waals surface area (Å²) in [6.07, 6.45) is 1.31. The predicted molar refractivity (Wildman–Crippen MR) is 124 cm³/mol. The van der Waals surface area contributed by atoms with Crippen LogP contribution >= 0.6 is 15.9 Å². The highest BCUT2D eigenvalue weighted by Gasteiger charge is 2.26. The molecule has 0 bridgehead atoms. The van der Waals surface area contributed by atoms with Crippen LogP contribution in [0.25, 0.3) is 0 Å². The molecule has 0 amide bonds. The van der Waals surface area contributed by atoms with Crippen LogP contribution in [0.2, 0.25) is 0 Å². The van der Waals surface area contributed by atoms with E-state index in [9.17, 15) is 10.1 Å². The largest absolute Gasteiger partial charge is 0.353 e. The topological polar surface area (TPSA) is 93.0 Å². The molecule has 0 radical (unpaired) electrons. The summed E-state index contributed by atoms with van der Waals surface area (Å²) in [6, 6.07) is 26.5. The second-order valence-electron chi connectivity index (χ2n) is 6.68. The van der Waals surface area contributed by atoms with Crippen molar-refractivity contribution in [2.24, 2.45) is 0 Å². The van der Waals surface area contributed by atoms with Gasteiger partial charge >= 0.3 is 5.69 Å². The average molecular weight is 476 g/mol. The van der Waals surface area contributed by atoms with Gasteiger partial charge in [0.15, 0.2) is 0 Å². The highest BCUT2D eigenvalue weighted by Crippen LogP contribution is 2.36. The number of halogens is 1. The molecule has 2 N–H and O–H groups in total. The Hall–Kier alpha value is -3.78. The summed E-state index contributed by atoms with van der Waals surface area (Å²) in [6.45, 7) is 0. The lowest BCUT2D eigenvalue weighted by Crippen LogP contribution is -2.15. The highest BCUT2D eigenvalue weighted by atomic mass is 79.9. The highest BCUT2D eigenvalue weighted by molar-refractivity contribution is 9.10. The minimum absolute atomic E-state index is 0.106. The number of rotatable bonds is 7. The molecule has 0 aliphatic heterocycles. The zero-order valence-corrected chi connectivity index (χ0v) is 17.9. The van der Waals surface area contributed by atoms with Crippen LogP contribution < -0.4 is 10.6 Å². The molecule has 0 fully saturated rings. The van der Waals surface area contributed by atoms with Gasteiger partial charge in [0.2, 0.25) is 11.6 Å². The lowest BCUT2D eigenvalue weighted by molar-refractivity contribution is -0.383. The van der Waals surface area contributed by atoms with Crippen LogP contribution in [0, 0.1) is 10.1 Å². The number of aromatic nitrogens is 2. The molecule has 0 aliphatic carbocycles. The van der Waals surface area contributed by atoms with E-state index < -0.39 is 4.92 Å². The number of para-hydroxylation sites is 1. The molecule has 0 aliphatic rings. The fraction of sp³-hybridized carbons (Fsp3) is 0.0435. The van der Waals surface area contributed by atoms with Crippen LogP contribution in [0.15, 0.2) is 95.7 Å². The fourth-order valence-electron chi connectivity index (χ4n) is 3.23. The van der Waals surface area contributed by atoms with Gasteiger partial charge in [-0.15, -0.1) is 0 Å². The quantitative estimate of drug-likeness (QED) is 0.248. The molecule has 7 nitrogen and oxygen atoms in total. The van der Waals surface area contributed by atoms with E-state index in [1.165, 1.54) is 6.33 Å². The van der Waals surface area contributed by atoms with Crippen LogP contribution in [0.5, 0.6) is 0 Å². The van der Waals surface area contributed by atoms with Crippen molar-refractivity contribution >= 4 is 38.9 Å². The number of nitro groups is 1. The van der Waals surface area contributed by atoms with E-state index in [0.29, 0.717) is 5.69 Å². The van der Waals surface area contributed by atoms with Crippen LogP contribution in [0.4, 0.5) is 23.0 Å². The van der Waals surface area contributed by atoms with Gasteiger partial charge in [-0.05, 0) is 39.2 Å². The van der Waals surface area contributed by atoms with Crippen LogP contribution in [0.1, 0.15) is 17.2 Å². The Kier molecular flexibility index (Phi) is 6.18. The van der Waals surface area contributed by atoms with Gasteiger partial charge in [-0.3, -0.25) is 10.1 Å². The Morgan fingerprint density at radius 3 is 1.94 bits per heavy atom. The predicted octanol–water partition coefficient (Wildman–Crippen LogP) is 6.09. The molecule has 154 valence electrons. The van der Waals surface area contributed by atoms with Crippen molar-refractivity contribution in [1.82, 2.24) is 9.97 Å². The van der Waals surface area contributed by atoms with Crippen molar-refractivity contribution in [3.8, 4) is 0 Å². The first-order valence-corrected chi connectivity index (χ1v) is 10.3. The Balaban J connectivity index is 1.76. The molecule has 8 heteroatoms. The summed E-state index contributed by atoms with van der Waals surface area (Å²) in [4.78, 5) is 19.9. The van der Waals surface area contributed by atoms with E-state index in [1.807, 2.05) is 78.9 Å². The Bertz CT molecular complexity index is 1150. The SMILES string of the molecule is O=[N+]([O-])c1c(Nc2ccccc2Br)ncnc1NC(c1ccccc1)c1ccccc1. The Morgan fingerprint density at radius 2 is 1.35 bits per heavy atom. The van der Waals surface area contributed by atoms with Crippen molar-refractivity contribution in [1.29, 1.82) is 0 Å². The van der Waals surface area contributed by atoms with E-state index in [2.05, 4.69) is 36.5 Å². The first-order valence-electron chi connectivity index (χ1n) is 9.51. The summed E-state index contributed by atoms with van der Waals surface area (Å²) < 4.78 is 0.767. The molecule has 0 saturated heterocycles. The molecule has 4 rings (SSSR count). The average Bonchev–Trinajstić information content (AvgIpc) is 2.80. The monoisotopic (exact) mass is 475 g/mol. The number of nitrogens with zero attached hydrogens (tertiary/aromatic N) is 3. The van der Waals surface area contributed by atoms with E-state index >= 15 is 0 Å². The van der Waals surface area contributed by atoms with E-state index in [4.69, 9.17) is 0 Å². The molecule has 31 heavy (non-hydrogen) atoms. The standard InChI is InChI=1S/C23H18BrN5O2/c24-18-13-7-8-14-19(18)27-22-21(29(30)31)23(26-15-25-22)28-20(16-9-3-1-4-10-16)17-11-5-2-6-12-17/h1-15,20H,(H2,25,26,27,28). The van der Waals surface area contributed by atoms with E-state index in [1.54, 1.807) is 6.07 Å². The van der Waals surface area contributed by atoms with Crippen molar-refractivity contribution in [2.75, 3.05) is 10.6 Å². The maximum absolute atomic E-state index is 12.0. The van der Waals surface area contributed by atoms with Gasteiger partial charge in [-0.1, -0.05) is 72.8 Å². The maximum atomic E-state index is 12.0. The lowest BCUT2D eigenvalue weighted by Gasteiger charge is -2.20. The summed E-state index contributed by atoms with van der Waals surface area (Å²) in [5, 5.41) is 18.3. The zero-order chi connectivity index (χ0) is 21.6. The first-order chi connectivity index (χ1) is 15.1. The van der Waals surface area contributed by atoms with Crippen molar-refractivity contribution in [3.63, 3.8) is 0 Å². The minimum Gasteiger partial charge on any atom is -0.353 e. The van der Waals surface area contributed by atoms with Crippen LogP contribution in [0.3, 0.4) is 0 Å². The number of hydrogen-bond acceptors (Lipinski definition) is 6. The smallest absolute Gasteiger partial charge is 0.353 e. The fourth-order valence-corrected chi connectivity index (χ4v) is 3.61. The third-order valence-electron chi connectivity index (χ3n) is 4.68. The molecule has 0 saturated carbocycles. The third-order valence-corrected chi connectivity index (χ3v) is 5.37. The number of nitrogens with one attached hydrogen (secondary N) is 2. The zero-order valence-electron chi connectivity index (χ0n) is 16.3. The summed E-state index contributed by atoms with van der Waals surface area (Å²) in [5.41, 5.74) is 2.36. The molecule has 4 aromatic rings.